The quantitative estimate of drug-likeness (QED) is 0.731. The minimum Gasteiger partial charge on any atom is -0.477 e. The van der Waals surface area contributed by atoms with Crippen molar-refractivity contribution in [3.63, 3.8) is 0 Å². The van der Waals surface area contributed by atoms with Crippen LogP contribution in [0.1, 0.15) is 49.7 Å². The number of hydrogen-bond donors (Lipinski definition) is 1. The van der Waals surface area contributed by atoms with Crippen LogP contribution in [0.2, 0.25) is 0 Å². The summed E-state index contributed by atoms with van der Waals surface area (Å²) in [4.78, 5) is 27.8. The van der Waals surface area contributed by atoms with E-state index >= 15 is 0 Å². The average molecular weight is 384 g/mol. The normalized spacial score (nSPS) is 16.9. The second-order valence-electron chi connectivity index (χ2n) is 7.37. The van der Waals surface area contributed by atoms with Crippen molar-refractivity contribution in [2.45, 2.75) is 46.1 Å². The molecule has 1 aliphatic rings. The molecule has 1 N–H and O–H groups in total. The molecule has 1 amide bonds. The summed E-state index contributed by atoms with van der Waals surface area (Å²) < 4.78 is 0. The molecule has 1 unspecified atom stereocenters. The van der Waals surface area contributed by atoms with E-state index in [1.807, 2.05) is 56.3 Å². The highest BCUT2D eigenvalue weighted by Crippen LogP contribution is 2.39. The lowest BCUT2D eigenvalue weighted by molar-refractivity contribution is -0.115. The molecular weight excluding hydrogens is 358 g/mol. The van der Waals surface area contributed by atoms with Gasteiger partial charge >= 0.3 is 5.97 Å². The molecule has 1 aromatic heterocycles. The molecule has 27 heavy (non-hydrogen) atoms. The predicted molar refractivity (Wildman–Crippen MR) is 110 cm³/mol. The van der Waals surface area contributed by atoms with E-state index in [9.17, 15) is 14.7 Å². The molecule has 2 aromatic rings. The first-order valence-electron chi connectivity index (χ1n) is 9.33. The molecule has 0 bridgehead atoms. The first-order valence-corrected chi connectivity index (χ1v) is 10.1. The highest BCUT2D eigenvalue weighted by Gasteiger charge is 2.30. The zero-order chi connectivity index (χ0) is 19.6. The van der Waals surface area contributed by atoms with Crippen LogP contribution in [0, 0.1) is 5.92 Å². The van der Waals surface area contributed by atoms with E-state index < -0.39 is 5.97 Å². The number of nitrogens with zero attached hydrogens (tertiary/aromatic N) is 1. The third-order valence-corrected chi connectivity index (χ3v) is 6.07. The average Bonchev–Trinajstić information content (AvgIpc) is 3.08. The molecule has 0 spiro atoms. The van der Waals surface area contributed by atoms with Gasteiger partial charge in [-0.3, -0.25) is 4.79 Å². The van der Waals surface area contributed by atoms with Crippen LogP contribution in [0.4, 0.5) is 5.69 Å². The number of rotatable bonds is 5. The van der Waals surface area contributed by atoms with Gasteiger partial charge in [-0.2, -0.15) is 0 Å². The van der Waals surface area contributed by atoms with E-state index in [2.05, 4.69) is 6.92 Å². The van der Waals surface area contributed by atoms with Crippen molar-refractivity contribution in [2.24, 2.45) is 5.92 Å². The number of carboxylic acids is 1. The summed E-state index contributed by atoms with van der Waals surface area (Å²) in [5, 5.41) is 9.74. The molecule has 142 valence electrons. The Bertz CT molecular complexity index is 867. The minimum absolute atomic E-state index is 0.0724. The van der Waals surface area contributed by atoms with Gasteiger partial charge in [-0.1, -0.05) is 43.3 Å². The van der Waals surface area contributed by atoms with Crippen molar-refractivity contribution in [3.8, 4) is 10.4 Å². The van der Waals surface area contributed by atoms with Gasteiger partial charge in [-0.25, -0.2) is 4.79 Å². The fourth-order valence-corrected chi connectivity index (χ4v) is 4.39. The number of allylic oxidation sites excluding steroid dienone is 1. The van der Waals surface area contributed by atoms with Crippen molar-refractivity contribution in [1.29, 1.82) is 0 Å². The molecule has 0 radical (unpaired) electrons. The van der Waals surface area contributed by atoms with Crippen LogP contribution in [0.15, 0.2) is 48.0 Å². The van der Waals surface area contributed by atoms with Crippen molar-refractivity contribution in [2.75, 3.05) is 4.90 Å². The molecule has 0 saturated carbocycles. The lowest BCUT2D eigenvalue weighted by Gasteiger charge is -2.29. The summed E-state index contributed by atoms with van der Waals surface area (Å²) in [5.74, 6) is -0.479. The standard InChI is InChI=1S/C22H25NO3S/c1-14(2)23(21(24)17-11-9-15(3)10-12-17)18-13-19(27-20(18)22(25)26)16-7-5-4-6-8-16/h4-8,11,13-15H,9-10,12H2,1-3H3,(H,25,26). The number of thiophene rings is 1. The largest absolute Gasteiger partial charge is 0.477 e. The molecule has 1 atom stereocenters. The molecule has 1 aliphatic carbocycles. The number of benzene rings is 1. The zero-order valence-corrected chi connectivity index (χ0v) is 16.8. The molecule has 5 heteroatoms. The van der Waals surface area contributed by atoms with Crippen LogP contribution < -0.4 is 4.90 Å². The molecule has 0 saturated heterocycles. The Morgan fingerprint density at radius 3 is 2.48 bits per heavy atom. The van der Waals surface area contributed by atoms with Crippen LogP contribution in [0.5, 0.6) is 0 Å². The van der Waals surface area contributed by atoms with E-state index in [0.29, 0.717) is 11.6 Å². The van der Waals surface area contributed by atoms with E-state index in [1.54, 1.807) is 4.90 Å². The number of amides is 1. The van der Waals surface area contributed by atoms with E-state index in [1.165, 1.54) is 11.3 Å². The lowest BCUT2D eigenvalue weighted by Crippen LogP contribution is -2.39. The third kappa shape index (κ3) is 4.14. The van der Waals surface area contributed by atoms with Crippen molar-refractivity contribution >= 4 is 28.9 Å². The Morgan fingerprint density at radius 1 is 1.22 bits per heavy atom. The summed E-state index contributed by atoms with van der Waals surface area (Å²) >= 11 is 1.22. The Hall–Kier alpha value is -2.40. The predicted octanol–water partition coefficient (Wildman–Crippen LogP) is 5.60. The fourth-order valence-electron chi connectivity index (χ4n) is 3.39. The highest BCUT2D eigenvalue weighted by molar-refractivity contribution is 7.18. The smallest absolute Gasteiger partial charge is 0.348 e. The van der Waals surface area contributed by atoms with Crippen LogP contribution in [-0.4, -0.2) is 23.0 Å². The number of anilines is 1. The first-order chi connectivity index (χ1) is 12.9. The van der Waals surface area contributed by atoms with E-state index in [4.69, 9.17) is 0 Å². The molecule has 4 nitrogen and oxygen atoms in total. The van der Waals surface area contributed by atoms with Crippen LogP contribution in [-0.2, 0) is 4.79 Å². The number of carbonyl (C=O) groups excluding carboxylic acids is 1. The van der Waals surface area contributed by atoms with Gasteiger partial charge in [0.15, 0.2) is 0 Å². The topological polar surface area (TPSA) is 57.6 Å². The maximum Gasteiger partial charge on any atom is 0.348 e. The number of carboxylic acid groups (broad SMARTS) is 1. The third-order valence-electron chi connectivity index (χ3n) is 4.91. The first kappa shape index (κ1) is 19.4. The van der Waals surface area contributed by atoms with Gasteiger partial charge in [0.05, 0.1) is 5.69 Å². The summed E-state index contributed by atoms with van der Waals surface area (Å²) in [6.45, 7) is 6.04. The summed E-state index contributed by atoms with van der Waals surface area (Å²) in [7, 11) is 0. The monoisotopic (exact) mass is 383 g/mol. The van der Waals surface area contributed by atoms with E-state index in [0.717, 1.165) is 35.3 Å². The number of aromatic carboxylic acids is 1. The lowest BCUT2D eigenvalue weighted by atomic mass is 9.90. The molecule has 1 aromatic carbocycles. The van der Waals surface area contributed by atoms with Gasteiger partial charge in [-0.15, -0.1) is 11.3 Å². The number of carbonyl (C=O) groups is 2. The van der Waals surface area contributed by atoms with Gasteiger partial charge in [0, 0.05) is 16.5 Å². The second kappa shape index (κ2) is 8.09. The number of hydrogen-bond acceptors (Lipinski definition) is 3. The van der Waals surface area contributed by atoms with Crippen molar-refractivity contribution in [3.05, 3.63) is 52.9 Å². The molecule has 0 aliphatic heterocycles. The fraction of sp³-hybridized carbons (Fsp3) is 0.364. The van der Waals surface area contributed by atoms with E-state index in [-0.39, 0.29) is 16.8 Å². The van der Waals surface area contributed by atoms with Gasteiger partial charge in [-0.05, 0) is 50.7 Å². The van der Waals surface area contributed by atoms with Crippen LogP contribution in [0.3, 0.4) is 0 Å². The summed E-state index contributed by atoms with van der Waals surface area (Å²) in [5.41, 5.74) is 2.24. The van der Waals surface area contributed by atoms with Gasteiger partial charge in [0.25, 0.3) is 5.91 Å². The summed E-state index contributed by atoms with van der Waals surface area (Å²) in [6, 6.07) is 11.4. The molecule has 0 fully saturated rings. The molecule has 3 rings (SSSR count). The second-order valence-corrected chi connectivity index (χ2v) is 8.43. The minimum atomic E-state index is -0.998. The summed E-state index contributed by atoms with van der Waals surface area (Å²) in [6.07, 6.45) is 4.67. The van der Waals surface area contributed by atoms with Crippen molar-refractivity contribution in [1.82, 2.24) is 0 Å². The Kier molecular flexibility index (Phi) is 5.80. The maximum atomic E-state index is 13.2. The SMILES string of the molecule is CC1CC=C(C(=O)N(c2cc(-c3ccccc3)sc2C(=O)O)C(C)C)CC1. The highest BCUT2D eigenvalue weighted by atomic mass is 32.1. The molecule has 1 heterocycles. The van der Waals surface area contributed by atoms with Gasteiger partial charge in [0.2, 0.25) is 0 Å². The Labute approximate surface area is 164 Å². The molecular formula is C22H25NO3S. The van der Waals surface area contributed by atoms with Crippen LogP contribution in [0.25, 0.3) is 10.4 Å². The van der Waals surface area contributed by atoms with Gasteiger partial charge in [0.1, 0.15) is 4.88 Å². The van der Waals surface area contributed by atoms with Crippen LogP contribution >= 0.6 is 11.3 Å². The Morgan fingerprint density at radius 2 is 1.93 bits per heavy atom. The van der Waals surface area contributed by atoms with Gasteiger partial charge < -0.3 is 10.0 Å². The zero-order valence-electron chi connectivity index (χ0n) is 15.9. The maximum absolute atomic E-state index is 13.2. The van der Waals surface area contributed by atoms with Crippen molar-refractivity contribution < 1.29 is 14.7 Å². The Balaban J connectivity index is 2.04.